The molecule has 0 aliphatic heterocycles. The molecule has 1 aromatic carbocycles. The summed E-state index contributed by atoms with van der Waals surface area (Å²) in [6, 6.07) is 14.8. The van der Waals surface area contributed by atoms with E-state index >= 15 is 0 Å². The zero-order valence-corrected chi connectivity index (χ0v) is 14.6. The molecule has 3 rings (SSSR count). The van der Waals surface area contributed by atoms with Crippen molar-refractivity contribution in [3.05, 3.63) is 48.7 Å². The molecule has 3 aromatic rings. The maximum absolute atomic E-state index is 4.71. The van der Waals surface area contributed by atoms with Crippen LogP contribution in [0, 0.1) is 0 Å². The van der Waals surface area contributed by atoms with Crippen LogP contribution in [0.5, 0.6) is 0 Å². The molecule has 0 fully saturated rings. The van der Waals surface area contributed by atoms with Gasteiger partial charge in [-0.1, -0.05) is 44.2 Å². The predicted octanol–water partition coefficient (Wildman–Crippen LogP) is 3.54. The molecule has 1 atom stereocenters. The molecule has 5 nitrogen and oxygen atoms in total. The third-order valence-electron chi connectivity index (χ3n) is 4.54. The van der Waals surface area contributed by atoms with Crippen molar-refractivity contribution in [2.24, 2.45) is 0 Å². The molecule has 0 saturated heterocycles. The Kier molecular flexibility index (Phi) is 5.11. The molecule has 1 unspecified atom stereocenters. The van der Waals surface area contributed by atoms with Crippen LogP contribution in [-0.4, -0.2) is 45.7 Å². The summed E-state index contributed by atoms with van der Waals surface area (Å²) in [7, 11) is 2.17. The Labute approximate surface area is 143 Å². The van der Waals surface area contributed by atoms with E-state index in [4.69, 9.17) is 4.98 Å². The van der Waals surface area contributed by atoms with Crippen LogP contribution in [0.15, 0.2) is 48.7 Å². The van der Waals surface area contributed by atoms with Crippen LogP contribution >= 0.6 is 0 Å². The summed E-state index contributed by atoms with van der Waals surface area (Å²) in [5.74, 6) is 0.979. The number of nitrogens with zero attached hydrogens (tertiary/aromatic N) is 4. The predicted molar refractivity (Wildman–Crippen MR) is 99.3 cm³/mol. The largest absolute Gasteiger partial charge is 0.368 e. The van der Waals surface area contributed by atoms with Gasteiger partial charge in [0.05, 0.1) is 11.9 Å². The van der Waals surface area contributed by atoms with Gasteiger partial charge in [0.2, 0.25) is 0 Å². The maximum Gasteiger partial charge on any atom is 0.157 e. The highest BCUT2D eigenvalue weighted by atomic mass is 15.3. The number of anilines is 1. The molecule has 126 valence electrons. The van der Waals surface area contributed by atoms with Crippen molar-refractivity contribution in [1.82, 2.24) is 19.5 Å². The van der Waals surface area contributed by atoms with Crippen LogP contribution in [0.3, 0.4) is 0 Å². The molecule has 0 aliphatic rings. The highest BCUT2D eigenvalue weighted by molar-refractivity contribution is 5.66. The third-order valence-corrected chi connectivity index (χ3v) is 4.54. The third kappa shape index (κ3) is 3.41. The Morgan fingerprint density at radius 3 is 2.67 bits per heavy atom. The lowest BCUT2D eigenvalue weighted by Gasteiger charge is -2.26. The minimum absolute atomic E-state index is 0.494. The molecule has 0 amide bonds. The van der Waals surface area contributed by atoms with E-state index in [2.05, 4.69) is 54.4 Å². The molecule has 0 radical (unpaired) electrons. The summed E-state index contributed by atoms with van der Waals surface area (Å²) in [5, 5.41) is 7.97. The molecule has 2 aromatic heterocycles. The fourth-order valence-electron chi connectivity index (χ4n) is 2.89. The van der Waals surface area contributed by atoms with Crippen molar-refractivity contribution in [3.63, 3.8) is 0 Å². The first-order valence-corrected chi connectivity index (χ1v) is 8.57. The summed E-state index contributed by atoms with van der Waals surface area (Å²) >= 11 is 0. The molecular weight excluding hydrogens is 298 g/mol. The molecule has 5 heteroatoms. The van der Waals surface area contributed by atoms with Gasteiger partial charge in [0.15, 0.2) is 5.65 Å². The summed E-state index contributed by atoms with van der Waals surface area (Å²) < 4.78 is 1.87. The Balaban J connectivity index is 1.90. The van der Waals surface area contributed by atoms with Crippen molar-refractivity contribution < 1.29 is 0 Å². The van der Waals surface area contributed by atoms with Gasteiger partial charge < -0.3 is 10.2 Å². The van der Waals surface area contributed by atoms with Gasteiger partial charge in [-0.2, -0.15) is 9.61 Å². The second-order valence-corrected chi connectivity index (χ2v) is 6.01. The van der Waals surface area contributed by atoms with E-state index < -0.39 is 0 Å². The van der Waals surface area contributed by atoms with Crippen molar-refractivity contribution in [2.75, 3.05) is 25.5 Å². The van der Waals surface area contributed by atoms with Gasteiger partial charge in [0, 0.05) is 30.3 Å². The standard InChI is InChI=1S/C19H25N5/c1-4-16(23(3)5-2)14-20-19-13-17(15-9-7-6-8-10-15)22-18-11-12-21-24(18)19/h6-13,16,20H,4-5,14H2,1-3H3. The van der Waals surface area contributed by atoms with Gasteiger partial charge in [-0.15, -0.1) is 0 Å². The topological polar surface area (TPSA) is 45.5 Å². The van der Waals surface area contributed by atoms with Crippen LogP contribution < -0.4 is 5.32 Å². The lowest BCUT2D eigenvalue weighted by atomic mass is 10.1. The Hall–Kier alpha value is -2.40. The van der Waals surface area contributed by atoms with Crippen molar-refractivity contribution >= 4 is 11.5 Å². The highest BCUT2D eigenvalue weighted by Crippen LogP contribution is 2.22. The monoisotopic (exact) mass is 323 g/mol. The van der Waals surface area contributed by atoms with E-state index in [0.717, 1.165) is 42.2 Å². The lowest BCUT2D eigenvalue weighted by molar-refractivity contribution is 0.257. The summed E-state index contributed by atoms with van der Waals surface area (Å²) in [5.41, 5.74) is 2.93. The number of hydrogen-bond acceptors (Lipinski definition) is 4. The first-order chi connectivity index (χ1) is 11.7. The Morgan fingerprint density at radius 2 is 1.96 bits per heavy atom. The van der Waals surface area contributed by atoms with Crippen LogP contribution in [0.1, 0.15) is 20.3 Å². The number of nitrogens with one attached hydrogen (secondary N) is 1. The zero-order chi connectivity index (χ0) is 16.9. The van der Waals surface area contributed by atoms with Crippen LogP contribution in [0.25, 0.3) is 16.9 Å². The molecule has 2 heterocycles. The van der Waals surface area contributed by atoms with E-state index in [-0.39, 0.29) is 0 Å². The van der Waals surface area contributed by atoms with E-state index in [1.807, 2.05) is 28.8 Å². The second-order valence-electron chi connectivity index (χ2n) is 6.01. The Bertz CT molecular complexity index is 781. The fourth-order valence-corrected chi connectivity index (χ4v) is 2.89. The SMILES string of the molecule is CCC(CNc1cc(-c2ccccc2)nc2ccnn12)N(C)CC. The number of rotatable bonds is 7. The summed E-state index contributed by atoms with van der Waals surface area (Å²) in [6.07, 6.45) is 2.90. The maximum atomic E-state index is 4.71. The molecular formula is C19H25N5. The van der Waals surface area contributed by atoms with Gasteiger partial charge in [-0.05, 0) is 20.0 Å². The fraction of sp³-hybridized carbons (Fsp3) is 0.368. The number of aromatic nitrogens is 3. The van der Waals surface area contributed by atoms with Crippen LogP contribution in [0.4, 0.5) is 5.82 Å². The zero-order valence-electron chi connectivity index (χ0n) is 14.6. The van der Waals surface area contributed by atoms with Gasteiger partial charge in [0.1, 0.15) is 5.82 Å². The van der Waals surface area contributed by atoms with Crippen molar-refractivity contribution in [3.8, 4) is 11.3 Å². The first-order valence-electron chi connectivity index (χ1n) is 8.57. The van der Waals surface area contributed by atoms with Gasteiger partial charge in [0.25, 0.3) is 0 Å². The average Bonchev–Trinajstić information content (AvgIpc) is 3.11. The Morgan fingerprint density at radius 1 is 1.17 bits per heavy atom. The van der Waals surface area contributed by atoms with Crippen LogP contribution in [-0.2, 0) is 0 Å². The molecule has 24 heavy (non-hydrogen) atoms. The van der Waals surface area contributed by atoms with E-state index in [1.165, 1.54) is 0 Å². The number of likely N-dealkylation sites (N-methyl/N-ethyl adjacent to an activating group) is 1. The molecule has 0 saturated carbocycles. The second kappa shape index (κ2) is 7.45. The van der Waals surface area contributed by atoms with E-state index in [0.29, 0.717) is 6.04 Å². The smallest absolute Gasteiger partial charge is 0.157 e. The highest BCUT2D eigenvalue weighted by Gasteiger charge is 2.13. The van der Waals surface area contributed by atoms with E-state index in [9.17, 15) is 0 Å². The van der Waals surface area contributed by atoms with Gasteiger partial charge >= 0.3 is 0 Å². The minimum atomic E-state index is 0.494. The molecule has 1 N–H and O–H groups in total. The first kappa shape index (κ1) is 16.5. The average molecular weight is 323 g/mol. The molecule has 0 aliphatic carbocycles. The number of fused-ring (bicyclic) bond motifs is 1. The van der Waals surface area contributed by atoms with Crippen molar-refractivity contribution in [2.45, 2.75) is 26.3 Å². The van der Waals surface area contributed by atoms with E-state index in [1.54, 1.807) is 6.20 Å². The molecule has 0 bridgehead atoms. The van der Waals surface area contributed by atoms with Crippen LogP contribution in [0.2, 0.25) is 0 Å². The number of benzene rings is 1. The lowest BCUT2D eigenvalue weighted by Crippen LogP contribution is -2.36. The normalized spacial score (nSPS) is 12.7. The minimum Gasteiger partial charge on any atom is -0.368 e. The summed E-state index contributed by atoms with van der Waals surface area (Å²) in [4.78, 5) is 7.08. The quantitative estimate of drug-likeness (QED) is 0.722. The molecule has 0 spiro atoms. The van der Waals surface area contributed by atoms with Gasteiger partial charge in [-0.25, -0.2) is 4.98 Å². The van der Waals surface area contributed by atoms with Gasteiger partial charge in [-0.3, -0.25) is 0 Å². The summed E-state index contributed by atoms with van der Waals surface area (Å²) in [6.45, 7) is 6.34. The number of hydrogen-bond donors (Lipinski definition) is 1. The van der Waals surface area contributed by atoms with Crippen molar-refractivity contribution in [1.29, 1.82) is 0 Å².